The fourth-order valence-electron chi connectivity index (χ4n) is 7.13. The highest BCUT2D eigenvalue weighted by Gasteiger charge is 2.58. The van der Waals surface area contributed by atoms with Crippen molar-refractivity contribution >= 4 is 19.0 Å². The summed E-state index contributed by atoms with van der Waals surface area (Å²) in [7, 11) is -4.73. The number of nitrogen functional groups attached to an aromatic ring is 1. The molecule has 3 heterocycles. The number of hydrogen-bond acceptors (Lipinski definition) is 11. The summed E-state index contributed by atoms with van der Waals surface area (Å²) in [6.45, 7) is 3.89. The summed E-state index contributed by atoms with van der Waals surface area (Å²) in [5.74, 6) is 0. The van der Waals surface area contributed by atoms with Gasteiger partial charge < -0.3 is 35.1 Å². The average Bonchev–Trinajstić information content (AvgIpc) is 3.75. The number of hydrogen-bond donors (Lipinski definition) is 4. The molecule has 0 spiro atoms. The Labute approximate surface area is 333 Å². The molecule has 56 heavy (non-hydrogen) atoms. The Kier molecular flexibility index (Phi) is 19.7. The minimum absolute atomic E-state index is 0.131. The number of nitriles is 1. The highest BCUT2D eigenvalue weighted by atomic mass is 31.2. The number of phosphoric acid groups is 1. The molecule has 13 nitrogen and oxygen atoms in total. The lowest BCUT2D eigenvalue weighted by Crippen LogP contribution is -2.41. The molecule has 7 atom stereocenters. The molecule has 0 saturated carbocycles. The number of aliphatic hydroxyl groups is 2. The molecule has 0 aliphatic carbocycles. The molecule has 0 amide bonds. The third-order valence-corrected chi connectivity index (χ3v) is 11.6. The van der Waals surface area contributed by atoms with Crippen LogP contribution in [0.15, 0.2) is 54.7 Å². The van der Waals surface area contributed by atoms with E-state index in [1.54, 1.807) is 12.1 Å². The standard InChI is InChI=1S/C42H65N4O9P/c1-3-4-5-6-7-8-9-10-11-12-13-14-15-16-17-21-28-51-33(2)37(52-29-34-22-19-18-20-23-34)30-53-56(49,50)54-31-38-40(47)41(48)42(32-43,55-38)39-25-24-36-35(44)26-27-45-46(36)39/h18-20,22-27,33,37-38,40-41,47-48H,3-17,21,28-31,44H2,1-2H3,(H,49,50)/t33-,37+,38-,40-,41-,42+/m1/s1. The highest BCUT2D eigenvalue weighted by Crippen LogP contribution is 2.46. The van der Waals surface area contributed by atoms with Gasteiger partial charge in [-0.3, -0.25) is 9.05 Å². The lowest BCUT2D eigenvalue weighted by Gasteiger charge is -2.26. The average molecular weight is 801 g/mol. The Morgan fingerprint density at radius 3 is 2.11 bits per heavy atom. The maximum absolute atomic E-state index is 13.1. The van der Waals surface area contributed by atoms with Gasteiger partial charge in [0, 0.05) is 12.8 Å². The van der Waals surface area contributed by atoms with Crippen molar-refractivity contribution in [2.75, 3.05) is 25.6 Å². The van der Waals surface area contributed by atoms with Crippen LogP contribution in [0.1, 0.15) is 128 Å². The normalized spacial score (nSPS) is 21.9. The minimum Gasteiger partial charge on any atom is -0.397 e. The predicted molar refractivity (Wildman–Crippen MR) is 215 cm³/mol. The molecule has 1 saturated heterocycles. The van der Waals surface area contributed by atoms with Crippen molar-refractivity contribution in [3.8, 4) is 6.07 Å². The second kappa shape index (κ2) is 24.1. The number of nitrogens with two attached hydrogens (primary N) is 1. The summed E-state index contributed by atoms with van der Waals surface area (Å²) in [6.07, 6.45) is 16.2. The molecule has 1 unspecified atom stereocenters. The molecule has 5 N–H and O–H groups in total. The highest BCUT2D eigenvalue weighted by molar-refractivity contribution is 7.47. The van der Waals surface area contributed by atoms with E-state index >= 15 is 0 Å². The van der Waals surface area contributed by atoms with E-state index in [0.717, 1.165) is 24.8 Å². The van der Waals surface area contributed by atoms with Gasteiger partial charge in [0.25, 0.3) is 0 Å². The Hall–Kier alpha value is -2.89. The molecule has 1 aliphatic rings. The summed E-state index contributed by atoms with van der Waals surface area (Å²) in [5.41, 5.74) is 5.88. The molecule has 0 radical (unpaired) electrons. The van der Waals surface area contributed by atoms with Gasteiger partial charge in [-0.2, -0.15) is 10.4 Å². The number of aromatic nitrogens is 2. The maximum Gasteiger partial charge on any atom is 0.472 e. The van der Waals surface area contributed by atoms with Crippen LogP contribution in [0.2, 0.25) is 0 Å². The SMILES string of the molecule is CCCCCCCCCCCCCCCCCCO[C@H](C)[C@H](COP(=O)(O)OC[C@H]1O[C@@](C#N)(c2ccc3c(N)ccnn23)[C@H](O)[C@@H]1O)OCc1ccccc1. The monoisotopic (exact) mass is 800 g/mol. The Bertz CT molecular complexity index is 1640. The molecule has 3 aromatic rings. The number of benzene rings is 1. The molecule has 14 heteroatoms. The Balaban J connectivity index is 1.18. The summed E-state index contributed by atoms with van der Waals surface area (Å²) >= 11 is 0. The first-order valence-corrected chi connectivity index (χ1v) is 22.2. The summed E-state index contributed by atoms with van der Waals surface area (Å²) < 4.78 is 43.1. The van der Waals surface area contributed by atoms with Crippen LogP contribution in [0.25, 0.3) is 5.52 Å². The predicted octanol–water partition coefficient (Wildman–Crippen LogP) is 8.14. The van der Waals surface area contributed by atoms with Gasteiger partial charge in [0.2, 0.25) is 5.60 Å². The van der Waals surface area contributed by atoms with Gasteiger partial charge >= 0.3 is 7.82 Å². The zero-order valence-electron chi connectivity index (χ0n) is 33.4. The van der Waals surface area contributed by atoms with E-state index in [0.29, 0.717) is 17.8 Å². The third-order valence-electron chi connectivity index (χ3n) is 10.6. The van der Waals surface area contributed by atoms with Crippen molar-refractivity contribution in [1.29, 1.82) is 5.26 Å². The molecule has 312 valence electrons. The Morgan fingerprint density at radius 1 is 0.893 bits per heavy atom. The van der Waals surface area contributed by atoms with Gasteiger partial charge in [-0.25, -0.2) is 9.08 Å². The van der Waals surface area contributed by atoms with Crippen LogP contribution >= 0.6 is 7.82 Å². The number of anilines is 1. The lowest BCUT2D eigenvalue weighted by atomic mass is 9.92. The van der Waals surface area contributed by atoms with E-state index in [1.165, 1.54) is 100 Å². The topological polar surface area (TPSA) is 191 Å². The molecule has 2 aromatic heterocycles. The molecule has 1 aromatic carbocycles. The van der Waals surface area contributed by atoms with Crippen LogP contribution < -0.4 is 5.73 Å². The largest absolute Gasteiger partial charge is 0.472 e. The van der Waals surface area contributed by atoms with Gasteiger partial charge in [0.15, 0.2) is 0 Å². The van der Waals surface area contributed by atoms with Crippen LogP contribution in [-0.4, -0.2) is 75.1 Å². The van der Waals surface area contributed by atoms with E-state index in [9.17, 15) is 24.9 Å². The van der Waals surface area contributed by atoms with Crippen molar-refractivity contribution < 1.29 is 42.9 Å². The summed E-state index contributed by atoms with van der Waals surface area (Å²) in [4.78, 5) is 10.6. The molecule has 4 rings (SSSR count). The van der Waals surface area contributed by atoms with Crippen molar-refractivity contribution in [3.63, 3.8) is 0 Å². The fraction of sp³-hybridized carbons (Fsp3) is 0.667. The van der Waals surface area contributed by atoms with Crippen LogP contribution in [0.3, 0.4) is 0 Å². The number of phosphoric ester groups is 1. The summed E-state index contributed by atoms with van der Waals surface area (Å²) in [6, 6.07) is 16.2. The van der Waals surface area contributed by atoms with E-state index in [-0.39, 0.29) is 18.9 Å². The van der Waals surface area contributed by atoms with Crippen molar-refractivity contribution in [3.05, 3.63) is 66.0 Å². The van der Waals surface area contributed by atoms with Gasteiger partial charge in [-0.1, -0.05) is 134 Å². The van der Waals surface area contributed by atoms with Crippen molar-refractivity contribution in [2.24, 2.45) is 0 Å². The van der Waals surface area contributed by atoms with E-state index in [2.05, 4.69) is 12.0 Å². The maximum atomic E-state index is 13.1. The van der Waals surface area contributed by atoms with Gasteiger partial charge in [0.1, 0.15) is 30.5 Å². The van der Waals surface area contributed by atoms with Crippen molar-refractivity contribution in [2.45, 2.75) is 159 Å². The second-order valence-electron chi connectivity index (χ2n) is 15.0. The van der Waals surface area contributed by atoms with Crippen LogP contribution in [0.4, 0.5) is 5.69 Å². The van der Waals surface area contributed by atoms with Gasteiger partial charge in [-0.05, 0) is 37.1 Å². The van der Waals surface area contributed by atoms with E-state index in [1.807, 2.05) is 43.3 Å². The number of rotatable bonds is 29. The molecular weight excluding hydrogens is 735 g/mol. The quantitative estimate of drug-likeness (QED) is 0.0390. The Morgan fingerprint density at radius 2 is 1.50 bits per heavy atom. The molecule has 1 fully saturated rings. The fourth-order valence-corrected chi connectivity index (χ4v) is 7.88. The van der Waals surface area contributed by atoms with Crippen LogP contribution in [-0.2, 0) is 40.0 Å². The van der Waals surface area contributed by atoms with E-state index < -0.39 is 50.6 Å². The third kappa shape index (κ3) is 13.9. The number of aliphatic hydroxyl groups excluding tert-OH is 2. The van der Waals surface area contributed by atoms with Crippen LogP contribution in [0, 0.1) is 11.3 Å². The zero-order chi connectivity index (χ0) is 40.2. The van der Waals surface area contributed by atoms with Gasteiger partial charge in [-0.15, -0.1) is 0 Å². The number of nitrogens with zero attached hydrogens (tertiary/aromatic N) is 3. The second-order valence-corrected chi connectivity index (χ2v) is 16.5. The number of unbranched alkanes of at least 4 members (excludes halogenated alkanes) is 15. The first kappa shape index (κ1) is 45.8. The first-order valence-electron chi connectivity index (χ1n) is 20.7. The smallest absolute Gasteiger partial charge is 0.397 e. The number of ether oxygens (including phenoxy) is 3. The van der Waals surface area contributed by atoms with Crippen molar-refractivity contribution in [1.82, 2.24) is 9.61 Å². The van der Waals surface area contributed by atoms with E-state index in [4.69, 9.17) is 29.0 Å². The van der Waals surface area contributed by atoms with Crippen LogP contribution in [0.5, 0.6) is 0 Å². The zero-order valence-corrected chi connectivity index (χ0v) is 34.3. The summed E-state index contributed by atoms with van der Waals surface area (Å²) in [5, 5.41) is 36.2. The molecular formula is C42H65N4O9P. The molecule has 0 bridgehead atoms. The lowest BCUT2D eigenvalue weighted by molar-refractivity contribution is -0.0934. The minimum atomic E-state index is -4.73. The first-order chi connectivity index (χ1) is 27.1. The van der Waals surface area contributed by atoms with Gasteiger partial charge in [0.05, 0.1) is 42.8 Å². The molecule has 1 aliphatic heterocycles. The number of fused-ring (bicyclic) bond motifs is 1.